The molecule has 0 amide bonds. The van der Waals surface area contributed by atoms with Gasteiger partial charge in [-0.2, -0.15) is 0 Å². The number of rotatable bonds is 4. The molecule has 0 radical (unpaired) electrons. The van der Waals surface area contributed by atoms with Crippen LogP contribution in [0.1, 0.15) is 28.7 Å². The number of carbonyl (C=O) groups excluding carboxylic acids is 1. The second-order valence-corrected chi connectivity index (χ2v) is 5.93. The highest BCUT2D eigenvalue weighted by atomic mass is 32.1. The van der Waals surface area contributed by atoms with Crippen LogP contribution in [0, 0.1) is 18.8 Å². The van der Waals surface area contributed by atoms with Crippen molar-refractivity contribution in [3.63, 3.8) is 0 Å². The average molecular weight is 254 g/mol. The standard InChI is InChI=1S/C12H18N2O2S/c1-7-5-9(7)6-14(3)12-13-10(8(2)17-12)11(15)16-4/h7,9H,5-6H2,1-4H3. The van der Waals surface area contributed by atoms with Crippen molar-refractivity contribution in [2.45, 2.75) is 20.3 Å². The summed E-state index contributed by atoms with van der Waals surface area (Å²) < 4.78 is 4.71. The molecule has 1 saturated carbocycles. The van der Waals surface area contributed by atoms with Crippen molar-refractivity contribution in [2.24, 2.45) is 11.8 Å². The van der Waals surface area contributed by atoms with E-state index in [2.05, 4.69) is 16.8 Å². The van der Waals surface area contributed by atoms with Gasteiger partial charge in [-0.1, -0.05) is 6.92 Å². The van der Waals surface area contributed by atoms with E-state index in [1.54, 1.807) is 11.3 Å². The Morgan fingerprint density at radius 3 is 2.82 bits per heavy atom. The van der Waals surface area contributed by atoms with Gasteiger partial charge in [0.1, 0.15) is 0 Å². The lowest BCUT2D eigenvalue weighted by Gasteiger charge is -2.14. The minimum atomic E-state index is -0.349. The topological polar surface area (TPSA) is 42.4 Å². The van der Waals surface area contributed by atoms with E-state index in [0.717, 1.165) is 28.4 Å². The van der Waals surface area contributed by atoms with E-state index >= 15 is 0 Å². The number of hydrogen-bond acceptors (Lipinski definition) is 5. The summed E-state index contributed by atoms with van der Waals surface area (Å²) in [5, 5.41) is 0.905. The lowest BCUT2D eigenvalue weighted by atomic mass is 10.3. The number of aryl methyl sites for hydroxylation is 1. The first kappa shape index (κ1) is 12.4. The highest BCUT2D eigenvalue weighted by Gasteiger charge is 2.34. The summed E-state index contributed by atoms with van der Waals surface area (Å²) in [6.07, 6.45) is 1.30. The van der Waals surface area contributed by atoms with Gasteiger partial charge in [0.2, 0.25) is 0 Å². The number of carbonyl (C=O) groups is 1. The van der Waals surface area contributed by atoms with Crippen molar-refractivity contribution in [3.8, 4) is 0 Å². The SMILES string of the molecule is COC(=O)c1nc(N(C)CC2CC2C)sc1C. The van der Waals surface area contributed by atoms with Gasteiger partial charge in [-0.25, -0.2) is 9.78 Å². The summed E-state index contributed by atoms with van der Waals surface area (Å²) in [6.45, 7) is 5.20. The van der Waals surface area contributed by atoms with Gasteiger partial charge < -0.3 is 9.64 Å². The lowest BCUT2D eigenvalue weighted by Crippen LogP contribution is -2.20. The molecule has 4 nitrogen and oxygen atoms in total. The molecule has 1 aliphatic carbocycles. The van der Waals surface area contributed by atoms with Crippen molar-refractivity contribution in [1.29, 1.82) is 0 Å². The Balaban J connectivity index is 2.08. The molecule has 17 heavy (non-hydrogen) atoms. The van der Waals surface area contributed by atoms with Gasteiger partial charge in [0.05, 0.1) is 7.11 Å². The first-order chi connectivity index (χ1) is 8.02. The van der Waals surface area contributed by atoms with Gasteiger partial charge in [0.25, 0.3) is 0 Å². The highest BCUT2D eigenvalue weighted by Crippen LogP contribution is 2.39. The number of aromatic nitrogens is 1. The van der Waals surface area contributed by atoms with Crippen LogP contribution in [0.3, 0.4) is 0 Å². The maximum absolute atomic E-state index is 11.5. The van der Waals surface area contributed by atoms with E-state index < -0.39 is 0 Å². The molecule has 1 aromatic rings. The van der Waals surface area contributed by atoms with Gasteiger partial charge in [-0.3, -0.25) is 0 Å². The van der Waals surface area contributed by atoms with Crippen molar-refractivity contribution >= 4 is 22.4 Å². The summed E-state index contributed by atoms with van der Waals surface area (Å²) in [5.41, 5.74) is 0.447. The quantitative estimate of drug-likeness (QED) is 0.773. The molecule has 5 heteroatoms. The van der Waals surface area contributed by atoms with Gasteiger partial charge in [0, 0.05) is 18.5 Å². The highest BCUT2D eigenvalue weighted by molar-refractivity contribution is 7.15. The molecule has 1 aliphatic rings. The second kappa shape index (κ2) is 4.64. The molecule has 1 aromatic heterocycles. The number of ether oxygens (including phenoxy) is 1. The van der Waals surface area contributed by atoms with Gasteiger partial charge in [-0.05, 0) is 25.2 Å². The predicted octanol–water partition coefficient (Wildman–Crippen LogP) is 2.33. The van der Waals surface area contributed by atoms with Crippen molar-refractivity contribution < 1.29 is 9.53 Å². The van der Waals surface area contributed by atoms with Crippen LogP contribution in [0.2, 0.25) is 0 Å². The summed E-state index contributed by atoms with van der Waals surface area (Å²) in [6, 6.07) is 0. The van der Waals surface area contributed by atoms with Gasteiger partial charge in [-0.15, -0.1) is 11.3 Å². The first-order valence-electron chi connectivity index (χ1n) is 5.79. The summed E-state index contributed by atoms with van der Waals surface area (Å²) >= 11 is 1.55. The van der Waals surface area contributed by atoms with Crippen LogP contribution in [0.4, 0.5) is 5.13 Å². The Kier molecular flexibility index (Phi) is 3.38. The number of methoxy groups -OCH3 is 1. The molecule has 0 aliphatic heterocycles. The van der Waals surface area contributed by atoms with E-state index in [-0.39, 0.29) is 5.97 Å². The number of hydrogen-bond donors (Lipinski definition) is 0. The van der Waals surface area contributed by atoms with E-state index in [1.165, 1.54) is 13.5 Å². The van der Waals surface area contributed by atoms with Crippen LogP contribution in [0.25, 0.3) is 0 Å². The van der Waals surface area contributed by atoms with Crippen LogP contribution in [-0.2, 0) is 4.74 Å². The Bertz CT molecular complexity index is 430. The van der Waals surface area contributed by atoms with Crippen LogP contribution in [-0.4, -0.2) is 31.7 Å². The number of anilines is 1. The summed E-state index contributed by atoms with van der Waals surface area (Å²) in [7, 11) is 3.42. The van der Waals surface area contributed by atoms with E-state index in [4.69, 9.17) is 4.74 Å². The lowest BCUT2D eigenvalue weighted by molar-refractivity contribution is 0.0594. The molecule has 2 atom stereocenters. The molecule has 2 rings (SSSR count). The van der Waals surface area contributed by atoms with Crippen molar-refractivity contribution in [2.75, 3.05) is 25.6 Å². The molecule has 2 unspecified atom stereocenters. The molecule has 0 bridgehead atoms. The molecule has 1 heterocycles. The Labute approximate surface area is 106 Å². The van der Waals surface area contributed by atoms with Crippen LogP contribution < -0.4 is 4.90 Å². The third-order valence-electron chi connectivity index (χ3n) is 3.28. The van der Waals surface area contributed by atoms with E-state index in [0.29, 0.717) is 5.69 Å². The number of nitrogens with zero attached hydrogens (tertiary/aromatic N) is 2. The van der Waals surface area contributed by atoms with Gasteiger partial charge >= 0.3 is 5.97 Å². The second-order valence-electron chi connectivity index (χ2n) is 4.75. The molecule has 0 N–H and O–H groups in total. The average Bonchev–Trinajstić information content (AvgIpc) is 2.83. The zero-order valence-corrected chi connectivity index (χ0v) is 11.5. The van der Waals surface area contributed by atoms with Crippen LogP contribution >= 0.6 is 11.3 Å². The van der Waals surface area contributed by atoms with E-state index in [1.807, 2.05) is 14.0 Å². The Morgan fingerprint density at radius 2 is 2.29 bits per heavy atom. The molecule has 0 aromatic carbocycles. The third kappa shape index (κ3) is 2.60. The summed E-state index contributed by atoms with van der Waals surface area (Å²) in [4.78, 5) is 18.9. The minimum absolute atomic E-state index is 0.349. The predicted molar refractivity (Wildman–Crippen MR) is 68.7 cm³/mol. The maximum Gasteiger partial charge on any atom is 0.357 e. The first-order valence-corrected chi connectivity index (χ1v) is 6.61. The van der Waals surface area contributed by atoms with Gasteiger partial charge in [0.15, 0.2) is 10.8 Å². The fraction of sp³-hybridized carbons (Fsp3) is 0.667. The van der Waals surface area contributed by atoms with Crippen LogP contribution in [0.15, 0.2) is 0 Å². The normalized spacial score (nSPS) is 22.4. The Hall–Kier alpha value is -1.10. The molecule has 0 spiro atoms. The maximum atomic E-state index is 11.5. The third-order valence-corrected chi connectivity index (χ3v) is 4.36. The van der Waals surface area contributed by atoms with E-state index in [9.17, 15) is 4.79 Å². The number of esters is 1. The molecule has 1 fully saturated rings. The Morgan fingerprint density at radius 1 is 1.65 bits per heavy atom. The fourth-order valence-corrected chi connectivity index (χ4v) is 2.78. The van der Waals surface area contributed by atoms with Crippen LogP contribution in [0.5, 0.6) is 0 Å². The zero-order chi connectivity index (χ0) is 12.6. The molecular formula is C12H18N2O2S. The van der Waals surface area contributed by atoms with Crippen molar-refractivity contribution in [1.82, 2.24) is 4.98 Å². The van der Waals surface area contributed by atoms with Crippen molar-refractivity contribution in [3.05, 3.63) is 10.6 Å². The number of thiazole rings is 1. The fourth-order valence-electron chi connectivity index (χ4n) is 1.92. The smallest absolute Gasteiger partial charge is 0.357 e. The summed E-state index contributed by atoms with van der Waals surface area (Å²) in [5.74, 6) is 1.27. The zero-order valence-electron chi connectivity index (χ0n) is 10.7. The largest absolute Gasteiger partial charge is 0.464 e. The molecule has 0 saturated heterocycles. The molecule has 94 valence electrons. The minimum Gasteiger partial charge on any atom is -0.464 e. The molecular weight excluding hydrogens is 236 g/mol. The monoisotopic (exact) mass is 254 g/mol.